The Hall–Kier alpha value is -1.68. The summed E-state index contributed by atoms with van der Waals surface area (Å²) in [6, 6.07) is 12.8. The van der Waals surface area contributed by atoms with Crippen molar-refractivity contribution in [2.45, 2.75) is 6.29 Å². The van der Waals surface area contributed by atoms with E-state index in [1.165, 1.54) is 6.07 Å². The third-order valence-corrected chi connectivity index (χ3v) is 2.84. The Balaban J connectivity index is 2.43. The normalized spacial score (nSPS) is 10.7. The summed E-state index contributed by atoms with van der Waals surface area (Å²) in [4.78, 5) is 12.2. The molecule has 0 saturated heterocycles. The van der Waals surface area contributed by atoms with Crippen molar-refractivity contribution in [2.75, 3.05) is 0 Å². The van der Waals surface area contributed by atoms with E-state index in [1.807, 2.05) is 0 Å². The number of aliphatic hydroxyl groups is 2. The van der Waals surface area contributed by atoms with Gasteiger partial charge in [-0.2, -0.15) is 0 Å². The van der Waals surface area contributed by atoms with E-state index in [1.54, 1.807) is 42.5 Å². The fraction of sp³-hybridized carbons (Fsp3) is 0.0714. The molecule has 0 radical (unpaired) electrons. The van der Waals surface area contributed by atoms with E-state index in [9.17, 15) is 15.0 Å². The summed E-state index contributed by atoms with van der Waals surface area (Å²) >= 11 is 5.75. The lowest BCUT2D eigenvalue weighted by atomic mass is 9.98. The van der Waals surface area contributed by atoms with Gasteiger partial charge >= 0.3 is 0 Å². The van der Waals surface area contributed by atoms with Crippen LogP contribution in [0.2, 0.25) is 5.02 Å². The lowest BCUT2D eigenvalue weighted by Crippen LogP contribution is -2.08. The standard InChI is InChI=1S/C14H11ClO3/c15-10-7-5-9(6-8-10)13(16)11-3-1-2-4-12(11)14(17)18/h1-8,14,17-18H. The van der Waals surface area contributed by atoms with Crippen LogP contribution in [0.1, 0.15) is 27.8 Å². The second-order valence-corrected chi connectivity index (χ2v) is 4.23. The first kappa shape index (κ1) is 12.8. The monoisotopic (exact) mass is 262 g/mol. The predicted molar refractivity (Wildman–Crippen MR) is 68.5 cm³/mol. The number of carbonyl (C=O) groups excluding carboxylic acids is 1. The molecule has 0 bridgehead atoms. The molecule has 0 aliphatic heterocycles. The predicted octanol–water partition coefficient (Wildman–Crippen LogP) is 2.55. The molecule has 0 aromatic heterocycles. The second kappa shape index (κ2) is 5.31. The second-order valence-electron chi connectivity index (χ2n) is 3.80. The highest BCUT2D eigenvalue weighted by atomic mass is 35.5. The lowest BCUT2D eigenvalue weighted by Gasteiger charge is -2.10. The molecule has 0 saturated carbocycles. The molecule has 0 spiro atoms. The van der Waals surface area contributed by atoms with Gasteiger partial charge in [-0.3, -0.25) is 4.79 Å². The van der Waals surface area contributed by atoms with Gasteiger partial charge < -0.3 is 10.2 Å². The Labute approximate surface area is 109 Å². The largest absolute Gasteiger partial charge is 0.364 e. The van der Waals surface area contributed by atoms with E-state index in [4.69, 9.17) is 11.6 Å². The molecular weight excluding hydrogens is 252 g/mol. The van der Waals surface area contributed by atoms with Crippen LogP contribution in [0.15, 0.2) is 48.5 Å². The number of rotatable bonds is 3. The molecule has 0 aliphatic carbocycles. The maximum atomic E-state index is 12.2. The number of benzene rings is 2. The van der Waals surface area contributed by atoms with Crippen molar-refractivity contribution in [3.05, 3.63) is 70.2 Å². The third kappa shape index (κ3) is 2.59. The zero-order valence-corrected chi connectivity index (χ0v) is 10.1. The van der Waals surface area contributed by atoms with Gasteiger partial charge in [0.1, 0.15) is 0 Å². The first-order chi connectivity index (χ1) is 8.59. The molecule has 18 heavy (non-hydrogen) atoms. The minimum atomic E-state index is -1.67. The van der Waals surface area contributed by atoms with Crippen LogP contribution in [0.5, 0.6) is 0 Å². The van der Waals surface area contributed by atoms with Crippen LogP contribution in [0.3, 0.4) is 0 Å². The fourth-order valence-corrected chi connectivity index (χ4v) is 1.81. The molecular formula is C14H11ClO3. The SMILES string of the molecule is O=C(c1ccc(Cl)cc1)c1ccccc1C(O)O. The minimum Gasteiger partial charge on any atom is -0.364 e. The molecule has 92 valence electrons. The summed E-state index contributed by atoms with van der Waals surface area (Å²) in [7, 11) is 0. The summed E-state index contributed by atoms with van der Waals surface area (Å²) in [6.45, 7) is 0. The van der Waals surface area contributed by atoms with Crippen molar-refractivity contribution in [1.82, 2.24) is 0 Å². The number of halogens is 1. The van der Waals surface area contributed by atoms with Crippen LogP contribution < -0.4 is 0 Å². The summed E-state index contributed by atoms with van der Waals surface area (Å²) in [6.07, 6.45) is -1.67. The van der Waals surface area contributed by atoms with Crippen LogP contribution in [0.4, 0.5) is 0 Å². The number of ketones is 1. The molecule has 2 rings (SSSR count). The van der Waals surface area contributed by atoms with Gasteiger partial charge in [-0.25, -0.2) is 0 Å². The van der Waals surface area contributed by atoms with Gasteiger partial charge in [-0.1, -0.05) is 35.9 Å². The quantitative estimate of drug-likeness (QED) is 0.660. The van der Waals surface area contributed by atoms with E-state index < -0.39 is 6.29 Å². The Kier molecular flexibility index (Phi) is 3.77. The van der Waals surface area contributed by atoms with E-state index in [-0.39, 0.29) is 16.9 Å². The zero-order valence-electron chi connectivity index (χ0n) is 9.38. The summed E-state index contributed by atoms with van der Waals surface area (Å²) in [5, 5.41) is 19.0. The van der Waals surface area contributed by atoms with E-state index in [0.29, 0.717) is 10.6 Å². The number of aliphatic hydroxyl groups excluding tert-OH is 1. The molecule has 0 unspecified atom stereocenters. The van der Waals surface area contributed by atoms with Crippen LogP contribution in [0, 0.1) is 0 Å². The molecule has 0 aliphatic rings. The summed E-state index contributed by atoms with van der Waals surface area (Å²) < 4.78 is 0. The molecule has 2 N–H and O–H groups in total. The Morgan fingerprint density at radius 2 is 1.61 bits per heavy atom. The average Bonchev–Trinajstić information content (AvgIpc) is 2.39. The highest BCUT2D eigenvalue weighted by Gasteiger charge is 2.16. The van der Waals surface area contributed by atoms with Gasteiger partial charge in [0.05, 0.1) is 0 Å². The minimum absolute atomic E-state index is 0.192. The Morgan fingerprint density at radius 1 is 1.00 bits per heavy atom. The smallest absolute Gasteiger partial charge is 0.193 e. The van der Waals surface area contributed by atoms with Crippen LogP contribution in [-0.2, 0) is 0 Å². The van der Waals surface area contributed by atoms with Gasteiger partial charge in [0.15, 0.2) is 12.1 Å². The van der Waals surface area contributed by atoms with Gasteiger partial charge in [0.2, 0.25) is 0 Å². The molecule has 2 aromatic carbocycles. The van der Waals surface area contributed by atoms with Crippen LogP contribution in [0.25, 0.3) is 0 Å². The molecule has 0 amide bonds. The van der Waals surface area contributed by atoms with Gasteiger partial charge in [0.25, 0.3) is 0 Å². The molecule has 4 heteroatoms. The topological polar surface area (TPSA) is 57.5 Å². The molecule has 2 aromatic rings. The van der Waals surface area contributed by atoms with Crippen molar-refractivity contribution in [3.63, 3.8) is 0 Å². The highest BCUT2D eigenvalue weighted by molar-refractivity contribution is 6.30. The number of hydrogen-bond donors (Lipinski definition) is 2. The Morgan fingerprint density at radius 3 is 2.22 bits per heavy atom. The van der Waals surface area contributed by atoms with Gasteiger partial charge in [-0.05, 0) is 24.3 Å². The number of hydrogen-bond acceptors (Lipinski definition) is 3. The van der Waals surface area contributed by atoms with Crippen LogP contribution in [-0.4, -0.2) is 16.0 Å². The maximum Gasteiger partial charge on any atom is 0.193 e. The van der Waals surface area contributed by atoms with Crippen molar-refractivity contribution in [3.8, 4) is 0 Å². The van der Waals surface area contributed by atoms with Gasteiger partial charge in [-0.15, -0.1) is 0 Å². The zero-order chi connectivity index (χ0) is 13.1. The van der Waals surface area contributed by atoms with Crippen molar-refractivity contribution >= 4 is 17.4 Å². The van der Waals surface area contributed by atoms with Crippen LogP contribution >= 0.6 is 11.6 Å². The number of carbonyl (C=O) groups is 1. The average molecular weight is 263 g/mol. The van der Waals surface area contributed by atoms with Crippen molar-refractivity contribution in [1.29, 1.82) is 0 Å². The third-order valence-electron chi connectivity index (χ3n) is 2.59. The fourth-order valence-electron chi connectivity index (χ4n) is 1.69. The van der Waals surface area contributed by atoms with Gasteiger partial charge in [0, 0.05) is 21.7 Å². The maximum absolute atomic E-state index is 12.2. The van der Waals surface area contributed by atoms with E-state index in [2.05, 4.69) is 0 Å². The van der Waals surface area contributed by atoms with Crippen molar-refractivity contribution < 1.29 is 15.0 Å². The summed E-state index contributed by atoms with van der Waals surface area (Å²) in [5.74, 6) is -0.268. The first-order valence-corrected chi connectivity index (χ1v) is 5.72. The van der Waals surface area contributed by atoms with E-state index in [0.717, 1.165) is 0 Å². The highest BCUT2D eigenvalue weighted by Crippen LogP contribution is 2.20. The molecule has 0 fully saturated rings. The Bertz CT molecular complexity index is 562. The first-order valence-electron chi connectivity index (χ1n) is 5.35. The molecule has 3 nitrogen and oxygen atoms in total. The van der Waals surface area contributed by atoms with E-state index >= 15 is 0 Å². The summed E-state index contributed by atoms with van der Waals surface area (Å²) in [5.41, 5.74) is 0.916. The molecule has 0 atom stereocenters. The lowest BCUT2D eigenvalue weighted by molar-refractivity contribution is -0.0429. The molecule has 0 heterocycles. The van der Waals surface area contributed by atoms with Crippen molar-refractivity contribution in [2.24, 2.45) is 0 Å².